The molecule has 3 aromatic rings. The summed E-state index contributed by atoms with van der Waals surface area (Å²) in [7, 11) is 5.24. The number of nitrogens with one attached hydrogen (secondary N) is 1. The van der Waals surface area contributed by atoms with E-state index in [0.717, 1.165) is 41.7 Å². The molecular weight excluding hydrogens is 406 g/mol. The zero-order chi connectivity index (χ0) is 22.5. The highest BCUT2D eigenvalue weighted by atomic mass is 16.5. The fourth-order valence-electron chi connectivity index (χ4n) is 4.03. The number of aromatic nitrogens is 2. The van der Waals surface area contributed by atoms with Crippen LogP contribution in [0.25, 0.3) is 0 Å². The Bertz CT molecular complexity index is 1060. The molecule has 0 radical (unpaired) electrons. The number of aryl methyl sites for hydroxylation is 1. The summed E-state index contributed by atoms with van der Waals surface area (Å²) < 4.78 is 12.8. The minimum atomic E-state index is -0.384. The summed E-state index contributed by atoms with van der Waals surface area (Å²) in [4.78, 5) is 21.8. The maximum Gasteiger partial charge on any atom is 0.318 e. The van der Waals surface area contributed by atoms with E-state index in [2.05, 4.69) is 21.3 Å². The SMILES string of the molecule is COc1cccc(C(NC(=O)N2CCN(c3ccccc3OC)CC2)c2nccn2C)c1. The van der Waals surface area contributed by atoms with E-state index in [1.165, 1.54) is 0 Å². The van der Waals surface area contributed by atoms with Gasteiger partial charge < -0.3 is 29.2 Å². The summed E-state index contributed by atoms with van der Waals surface area (Å²) in [5.74, 6) is 2.35. The number of urea groups is 1. The predicted octanol–water partition coefficient (Wildman–Crippen LogP) is 3.06. The number of hydrogen-bond acceptors (Lipinski definition) is 5. The Balaban J connectivity index is 1.48. The van der Waals surface area contributed by atoms with Gasteiger partial charge in [0.2, 0.25) is 0 Å². The first-order valence-electron chi connectivity index (χ1n) is 10.6. The average molecular weight is 436 g/mol. The molecule has 1 unspecified atom stereocenters. The first-order valence-corrected chi connectivity index (χ1v) is 10.6. The van der Waals surface area contributed by atoms with Gasteiger partial charge in [-0.1, -0.05) is 24.3 Å². The molecule has 8 heteroatoms. The Morgan fingerprint density at radius 1 is 1.03 bits per heavy atom. The van der Waals surface area contributed by atoms with Crippen LogP contribution in [0.15, 0.2) is 60.9 Å². The van der Waals surface area contributed by atoms with Crippen molar-refractivity contribution in [2.45, 2.75) is 6.04 Å². The third-order valence-corrected chi connectivity index (χ3v) is 5.80. The Hall–Kier alpha value is -3.68. The van der Waals surface area contributed by atoms with Gasteiger partial charge in [-0.15, -0.1) is 0 Å². The van der Waals surface area contributed by atoms with Crippen LogP contribution in [0.2, 0.25) is 0 Å². The number of para-hydroxylation sites is 2. The van der Waals surface area contributed by atoms with E-state index in [1.807, 2.05) is 65.2 Å². The molecule has 0 saturated carbocycles. The second-order valence-corrected chi connectivity index (χ2v) is 7.70. The molecule has 1 fully saturated rings. The summed E-state index contributed by atoms with van der Waals surface area (Å²) >= 11 is 0. The quantitative estimate of drug-likeness (QED) is 0.644. The number of carbonyl (C=O) groups is 1. The number of hydrogen-bond donors (Lipinski definition) is 1. The molecule has 0 spiro atoms. The minimum absolute atomic E-state index is 0.111. The van der Waals surface area contributed by atoms with E-state index in [4.69, 9.17) is 9.47 Å². The second-order valence-electron chi connectivity index (χ2n) is 7.70. The number of anilines is 1. The minimum Gasteiger partial charge on any atom is -0.497 e. The maximum atomic E-state index is 13.2. The number of carbonyl (C=O) groups excluding carboxylic acids is 1. The largest absolute Gasteiger partial charge is 0.497 e. The van der Waals surface area contributed by atoms with Gasteiger partial charge in [0.15, 0.2) is 0 Å². The predicted molar refractivity (Wildman–Crippen MR) is 123 cm³/mol. The molecule has 0 bridgehead atoms. The van der Waals surface area contributed by atoms with Gasteiger partial charge in [-0.05, 0) is 29.8 Å². The molecule has 1 atom stereocenters. The number of benzene rings is 2. The monoisotopic (exact) mass is 435 g/mol. The first kappa shape index (κ1) is 21.5. The highest BCUT2D eigenvalue weighted by molar-refractivity contribution is 5.75. The van der Waals surface area contributed by atoms with Gasteiger partial charge in [-0.2, -0.15) is 0 Å². The van der Waals surface area contributed by atoms with Crippen LogP contribution in [0.4, 0.5) is 10.5 Å². The molecule has 1 aliphatic heterocycles. The third kappa shape index (κ3) is 4.49. The van der Waals surface area contributed by atoms with Crippen molar-refractivity contribution < 1.29 is 14.3 Å². The normalized spacial score (nSPS) is 14.7. The maximum absolute atomic E-state index is 13.2. The number of ether oxygens (including phenoxy) is 2. The molecule has 8 nitrogen and oxygen atoms in total. The summed E-state index contributed by atoms with van der Waals surface area (Å²) in [5, 5.41) is 3.18. The molecule has 32 heavy (non-hydrogen) atoms. The zero-order valence-electron chi connectivity index (χ0n) is 18.7. The van der Waals surface area contributed by atoms with Gasteiger partial charge in [0.25, 0.3) is 0 Å². The number of imidazole rings is 1. The van der Waals surface area contributed by atoms with Crippen molar-refractivity contribution in [1.29, 1.82) is 0 Å². The van der Waals surface area contributed by atoms with Gasteiger partial charge in [-0.25, -0.2) is 9.78 Å². The molecule has 2 heterocycles. The van der Waals surface area contributed by atoms with E-state index in [9.17, 15) is 4.79 Å². The number of amides is 2. The van der Waals surface area contributed by atoms with Gasteiger partial charge >= 0.3 is 6.03 Å². The zero-order valence-corrected chi connectivity index (χ0v) is 18.7. The standard InChI is InChI=1S/C24H29N5O3/c1-27-12-11-25-23(27)22(18-7-6-8-19(17-18)31-2)26-24(30)29-15-13-28(14-16-29)20-9-4-5-10-21(20)32-3/h4-12,17,22H,13-16H2,1-3H3,(H,26,30). The van der Waals surface area contributed by atoms with Crippen molar-refractivity contribution in [2.75, 3.05) is 45.3 Å². The van der Waals surface area contributed by atoms with Gasteiger partial charge in [-0.3, -0.25) is 0 Å². The van der Waals surface area contributed by atoms with Crippen LogP contribution in [0, 0.1) is 0 Å². The van der Waals surface area contributed by atoms with E-state index in [0.29, 0.717) is 13.1 Å². The Morgan fingerprint density at radius 3 is 2.50 bits per heavy atom. The molecule has 1 N–H and O–H groups in total. The molecule has 1 aliphatic rings. The second kappa shape index (κ2) is 9.64. The number of nitrogens with zero attached hydrogens (tertiary/aromatic N) is 4. The van der Waals surface area contributed by atoms with Gasteiger partial charge in [0.05, 0.1) is 19.9 Å². The highest BCUT2D eigenvalue weighted by Gasteiger charge is 2.27. The van der Waals surface area contributed by atoms with E-state index in [1.54, 1.807) is 20.4 Å². The van der Waals surface area contributed by atoms with Crippen molar-refractivity contribution in [3.63, 3.8) is 0 Å². The van der Waals surface area contributed by atoms with Crippen molar-refractivity contribution >= 4 is 11.7 Å². The summed E-state index contributed by atoms with van der Waals surface area (Å²) in [6.07, 6.45) is 3.61. The van der Waals surface area contributed by atoms with Gasteiger partial charge in [0, 0.05) is 45.6 Å². The van der Waals surface area contributed by atoms with Crippen molar-refractivity contribution in [3.05, 3.63) is 72.3 Å². The van der Waals surface area contributed by atoms with Crippen LogP contribution in [0.3, 0.4) is 0 Å². The smallest absolute Gasteiger partial charge is 0.318 e. The van der Waals surface area contributed by atoms with Crippen LogP contribution >= 0.6 is 0 Å². The summed E-state index contributed by atoms with van der Waals surface area (Å²) in [5.41, 5.74) is 1.97. The van der Waals surface area contributed by atoms with Crippen molar-refractivity contribution in [2.24, 2.45) is 7.05 Å². The average Bonchev–Trinajstić information content (AvgIpc) is 3.27. The Kier molecular flexibility index (Phi) is 6.49. The Labute approximate surface area is 188 Å². The van der Waals surface area contributed by atoms with Crippen LogP contribution in [0.1, 0.15) is 17.4 Å². The van der Waals surface area contributed by atoms with Crippen LogP contribution < -0.4 is 19.7 Å². The molecule has 2 aromatic carbocycles. The lowest BCUT2D eigenvalue weighted by atomic mass is 10.1. The van der Waals surface area contributed by atoms with E-state index >= 15 is 0 Å². The molecule has 0 aliphatic carbocycles. The highest BCUT2D eigenvalue weighted by Crippen LogP contribution is 2.29. The van der Waals surface area contributed by atoms with Crippen molar-refractivity contribution in [1.82, 2.24) is 19.8 Å². The number of rotatable bonds is 6. The molecule has 4 rings (SSSR count). The van der Waals surface area contributed by atoms with Crippen LogP contribution in [-0.4, -0.2) is 60.9 Å². The Morgan fingerprint density at radius 2 is 1.81 bits per heavy atom. The molecule has 168 valence electrons. The molecule has 1 aromatic heterocycles. The lowest BCUT2D eigenvalue weighted by Gasteiger charge is -2.37. The molecule has 1 saturated heterocycles. The first-order chi connectivity index (χ1) is 15.6. The van der Waals surface area contributed by atoms with Crippen LogP contribution in [-0.2, 0) is 7.05 Å². The third-order valence-electron chi connectivity index (χ3n) is 5.80. The summed E-state index contributed by atoms with van der Waals surface area (Å²) in [6, 6.07) is 15.2. The van der Waals surface area contributed by atoms with E-state index < -0.39 is 0 Å². The van der Waals surface area contributed by atoms with Gasteiger partial charge in [0.1, 0.15) is 23.4 Å². The van der Waals surface area contributed by atoms with Crippen LogP contribution in [0.5, 0.6) is 11.5 Å². The fourth-order valence-corrected chi connectivity index (χ4v) is 4.03. The summed E-state index contributed by atoms with van der Waals surface area (Å²) in [6.45, 7) is 2.71. The molecular formula is C24H29N5O3. The van der Waals surface area contributed by atoms with Crippen molar-refractivity contribution in [3.8, 4) is 11.5 Å². The lowest BCUT2D eigenvalue weighted by Crippen LogP contribution is -2.52. The molecule has 2 amide bonds. The number of methoxy groups -OCH3 is 2. The number of piperazine rings is 1. The fraction of sp³-hybridized carbons (Fsp3) is 0.333. The lowest BCUT2D eigenvalue weighted by molar-refractivity contribution is 0.191. The van der Waals surface area contributed by atoms with E-state index in [-0.39, 0.29) is 12.1 Å². The topological polar surface area (TPSA) is 71.9 Å².